The number of aliphatic hydroxyl groups excluding tert-OH is 1. The van der Waals surface area contributed by atoms with Crippen LogP contribution >= 0.6 is 23.2 Å². The molecule has 0 saturated carbocycles. The van der Waals surface area contributed by atoms with E-state index >= 15 is 0 Å². The van der Waals surface area contributed by atoms with E-state index in [0.717, 1.165) is 6.26 Å². The average molecular weight is 231 g/mol. The lowest BCUT2D eigenvalue weighted by Gasteiger charge is -1.94. The van der Waals surface area contributed by atoms with E-state index in [1.807, 2.05) is 6.92 Å². The van der Waals surface area contributed by atoms with Gasteiger partial charge in [0.2, 0.25) is 0 Å². The molecule has 1 aromatic heterocycles. The van der Waals surface area contributed by atoms with E-state index in [0.29, 0.717) is 10.4 Å². The van der Waals surface area contributed by atoms with Gasteiger partial charge in [0.25, 0.3) is 0 Å². The lowest BCUT2D eigenvalue weighted by Crippen LogP contribution is -2.28. The number of aliphatic hydroxyl groups is 1. The van der Waals surface area contributed by atoms with Crippen molar-refractivity contribution in [2.75, 3.05) is 0 Å². The minimum absolute atomic E-state index is 0.251. The summed E-state index contributed by atoms with van der Waals surface area (Å²) in [6.07, 6.45) is 5.73. The standard InChI is InChI=1S/C9H8Cl2N2O/c1-2-6-7(4-3-5-14)9(11)13-12-8(6)10/h2-5,14H,1H3/b5-3+,6-2+,7-4+. The van der Waals surface area contributed by atoms with Gasteiger partial charge >= 0.3 is 0 Å². The molecule has 74 valence electrons. The van der Waals surface area contributed by atoms with Crippen LogP contribution in [0.4, 0.5) is 0 Å². The van der Waals surface area contributed by atoms with Crippen molar-refractivity contribution in [3.05, 3.63) is 33.1 Å². The molecule has 0 unspecified atom stereocenters. The van der Waals surface area contributed by atoms with Crippen molar-refractivity contribution in [1.82, 2.24) is 10.2 Å². The third-order valence-electron chi connectivity index (χ3n) is 1.60. The molecule has 0 fully saturated rings. The predicted octanol–water partition coefficient (Wildman–Crippen LogP) is 1.44. The number of hydrogen-bond acceptors (Lipinski definition) is 3. The first-order chi connectivity index (χ1) is 6.70. The summed E-state index contributed by atoms with van der Waals surface area (Å²) in [4.78, 5) is 0. The zero-order valence-electron chi connectivity index (χ0n) is 7.41. The van der Waals surface area contributed by atoms with Crippen LogP contribution in [0.1, 0.15) is 6.92 Å². The molecular formula is C9H8Cl2N2O. The SMILES string of the molecule is C/C=c1/c(Cl)nnc(Cl)/c1=C/C=C/O. The van der Waals surface area contributed by atoms with Crippen molar-refractivity contribution in [3.63, 3.8) is 0 Å². The smallest absolute Gasteiger partial charge is 0.159 e. The monoisotopic (exact) mass is 230 g/mol. The molecule has 0 radical (unpaired) electrons. The second kappa shape index (κ2) is 4.98. The topological polar surface area (TPSA) is 46.0 Å². The molecule has 0 atom stereocenters. The Morgan fingerprint density at radius 3 is 2.21 bits per heavy atom. The molecule has 0 aliphatic heterocycles. The molecular weight excluding hydrogens is 223 g/mol. The summed E-state index contributed by atoms with van der Waals surface area (Å²) in [5, 5.41) is 17.7. The summed E-state index contributed by atoms with van der Waals surface area (Å²) in [5.41, 5.74) is 0. The molecule has 0 amide bonds. The normalized spacial score (nSPS) is 14.2. The van der Waals surface area contributed by atoms with Crippen molar-refractivity contribution >= 4 is 35.4 Å². The summed E-state index contributed by atoms with van der Waals surface area (Å²) in [5.74, 6) is 0. The van der Waals surface area contributed by atoms with Gasteiger partial charge in [-0.15, -0.1) is 10.2 Å². The average Bonchev–Trinajstić information content (AvgIpc) is 2.19. The third kappa shape index (κ3) is 2.25. The summed E-state index contributed by atoms with van der Waals surface area (Å²) < 4.78 is 0. The molecule has 0 bridgehead atoms. The van der Waals surface area contributed by atoms with E-state index in [1.54, 1.807) is 12.2 Å². The number of hydrogen-bond donors (Lipinski definition) is 1. The Balaban J connectivity index is 3.63. The maximum atomic E-state index is 8.52. The Kier molecular flexibility index (Phi) is 3.92. The Morgan fingerprint density at radius 1 is 1.14 bits per heavy atom. The number of aromatic nitrogens is 2. The second-order valence-electron chi connectivity index (χ2n) is 2.41. The van der Waals surface area contributed by atoms with Crippen LogP contribution in [0.25, 0.3) is 12.2 Å². The highest BCUT2D eigenvalue weighted by Gasteiger charge is 1.99. The first-order valence-corrected chi connectivity index (χ1v) is 4.61. The minimum Gasteiger partial charge on any atom is -0.516 e. The van der Waals surface area contributed by atoms with Crippen LogP contribution < -0.4 is 10.4 Å². The highest BCUT2D eigenvalue weighted by atomic mass is 35.5. The molecule has 1 N–H and O–H groups in total. The number of rotatable bonds is 1. The Bertz CT molecular complexity index is 468. The molecule has 5 heteroatoms. The van der Waals surface area contributed by atoms with Crippen molar-refractivity contribution in [1.29, 1.82) is 0 Å². The molecule has 14 heavy (non-hydrogen) atoms. The van der Waals surface area contributed by atoms with Crippen LogP contribution in [0.5, 0.6) is 0 Å². The van der Waals surface area contributed by atoms with Crippen molar-refractivity contribution < 1.29 is 5.11 Å². The van der Waals surface area contributed by atoms with Crippen LogP contribution in [0, 0.1) is 0 Å². The Morgan fingerprint density at radius 2 is 1.71 bits per heavy atom. The van der Waals surface area contributed by atoms with E-state index in [2.05, 4.69) is 10.2 Å². The molecule has 0 aliphatic carbocycles. The summed E-state index contributed by atoms with van der Waals surface area (Å²) in [7, 11) is 0. The van der Waals surface area contributed by atoms with Crippen molar-refractivity contribution in [2.45, 2.75) is 6.92 Å². The minimum atomic E-state index is 0.251. The zero-order chi connectivity index (χ0) is 10.6. The van der Waals surface area contributed by atoms with Crippen LogP contribution in [-0.2, 0) is 0 Å². The maximum Gasteiger partial charge on any atom is 0.159 e. The van der Waals surface area contributed by atoms with Crippen LogP contribution in [0.3, 0.4) is 0 Å². The van der Waals surface area contributed by atoms with E-state index < -0.39 is 0 Å². The fourth-order valence-corrected chi connectivity index (χ4v) is 1.44. The second-order valence-corrected chi connectivity index (χ2v) is 3.12. The predicted molar refractivity (Wildman–Crippen MR) is 57.7 cm³/mol. The van der Waals surface area contributed by atoms with Gasteiger partial charge in [-0.1, -0.05) is 29.3 Å². The molecule has 1 aromatic rings. The van der Waals surface area contributed by atoms with Gasteiger partial charge in [0, 0.05) is 10.4 Å². The first kappa shape index (κ1) is 11.0. The third-order valence-corrected chi connectivity index (χ3v) is 2.16. The van der Waals surface area contributed by atoms with Crippen LogP contribution in [0.15, 0.2) is 12.3 Å². The molecule has 0 aromatic carbocycles. The number of halogens is 2. The van der Waals surface area contributed by atoms with Gasteiger partial charge in [-0.2, -0.15) is 0 Å². The first-order valence-electron chi connectivity index (χ1n) is 3.85. The van der Waals surface area contributed by atoms with Gasteiger partial charge in [0.15, 0.2) is 10.3 Å². The molecule has 1 heterocycles. The Hall–Kier alpha value is -1.06. The van der Waals surface area contributed by atoms with Gasteiger partial charge in [-0.25, -0.2) is 0 Å². The van der Waals surface area contributed by atoms with Gasteiger partial charge in [-0.3, -0.25) is 0 Å². The van der Waals surface area contributed by atoms with Crippen molar-refractivity contribution in [3.8, 4) is 0 Å². The molecule has 1 rings (SSSR count). The van der Waals surface area contributed by atoms with E-state index in [-0.39, 0.29) is 10.3 Å². The molecule has 0 aliphatic rings. The number of allylic oxidation sites excluding steroid dienone is 1. The van der Waals surface area contributed by atoms with E-state index in [9.17, 15) is 0 Å². The molecule has 0 saturated heterocycles. The lowest BCUT2D eigenvalue weighted by atomic mass is 10.3. The molecule has 0 spiro atoms. The fourth-order valence-electron chi connectivity index (χ4n) is 0.990. The van der Waals surface area contributed by atoms with Crippen LogP contribution in [-0.4, -0.2) is 15.3 Å². The van der Waals surface area contributed by atoms with Gasteiger partial charge in [0.1, 0.15) is 0 Å². The van der Waals surface area contributed by atoms with E-state index in [4.69, 9.17) is 28.3 Å². The summed E-state index contributed by atoms with van der Waals surface area (Å²) in [6, 6.07) is 0. The highest BCUT2D eigenvalue weighted by Crippen LogP contribution is 1.96. The largest absolute Gasteiger partial charge is 0.516 e. The van der Waals surface area contributed by atoms with Gasteiger partial charge in [-0.05, 0) is 19.1 Å². The van der Waals surface area contributed by atoms with Crippen molar-refractivity contribution in [2.24, 2.45) is 0 Å². The van der Waals surface area contributed by atoms with Gasteiger partial charge < -0.3 is 5.11 Å². The maximum absolute atomic E-state index is 8.52. The molecule has 3 nitrogen and oxygen atoms in total. The van der Waals surface area contributed by atoms with E-state index in [1.165, 1.54) is 6.08 Å². The summed E-state index contributed by atoms with van der Waals surface area (Å²) >= 11 is 11.6. The summed E-state index contributed by atoms with van der Waals surface area (Å²) in [6.45, 7) is 1.82. The quantitative estimate of drug-likeness (QED) is 0.743. The zero-order valence-corrected chi connectivity index (χ0v) is 8.92. The Labute approximate surface area is 91.0 Å². The van der Waals surface area contributed by atoms with Gasteiger partial charge in [0.05, 0.1) is 6.26 Å². The fraction of sp³-hybridized carbons (Fsp3) is 0.111. The number of nitrogens with zero attached hydrogens (tertiary/aromatic N) is 2. The van der Waals surface area contributed by atoms with Crippen LogP contribution in [0.2, 0.25) is 10.3 Å². The highest BCUT2D eigenvalue weighted by molar-refractivity contribution is 6.31. The lowest BCUT2D eigenvalue weighted by molar-refractivity contribution is 0.474.